The van der Waals surface area contributed by atoms with Crippen molar-refractivity contribution in [2.75, 3.05) is 13.1 Å². The topological polar surface area (TPSA) is 29.5 Å². The zero-order valence-electron chi connectivity index (χ0n) is 11.2. The summed E-state index contributed by atoms with van der Waals surface area (Å²) in [7, 11) is 0. The molecule has 0 radical (unpaired) electrons. The Balaban J connectivity index is 1.75. The van der Waals surface area contributed by atoms with E-state index in [0.717, 1.165) is 25.9 Å². The van der Waals surface area contributed by atoms with E-state index in [1.54, 1.807) is 6.92 Å². The highest BCUT2D eigenvalue weighted by Crippen LogP contribution is 2.16. The molecular formula is C15H21NO2. The van der Waals surface area contributed by atoms with E-state index < -0.39 is 0 Å². The van der Waals surface area contributed by atoms with Gasteiger partial charge in [0.25, 0.3) is 0 Å². The summed E-state index contributed by atoms with van der Waals surface area (Å²) < 4.78 is 5.90. The van der Waals surface area contributed by atoms with Gasteiger partial charge in [0.2, 0.25) is 5.91 Å². The minimum absolute atomic E-state index is 0.173. The van der Waals surface area contributed by atoms with Crippen molar-refractivity contribution in [3.63, 3.8) is 0 Å². The molecule has 1 saturated heterocycles. The number of benzene rings is 1. The number of hydrogen-bond donors (Lipinski definition) is 0. The molecule has 2 rings (SSSR count). The third-order valence-electron chi connectivity index (χ3n) is 3.49. The minimum Gasteiger partial charge on any atom is -0.373 e. The van der Waals surface area contributed by atoms with Gasteiger partial charge in [0.1, 0.15) is 0 Å². The van der Waals surface area contributed by atoms with Crippen LogP contribution in [-0.2, 0) is 16.1 Å². The molecule has 1 aromatic carbocycles. The van der Waals surface area contributed by atoms with Crippen molar-refractivity contribution in [3.8, 4) is 0 Å². The molecule has 0 saturated carbocycles. The van der Waals surface area contributed by atoms with Crippen molar-refractivity contribution in [1.82, 2.24) is 4.90 Å². The number of hydrogen-bond acceptors (Lipinski definition) is 2. The van der Waals surface area contributed by atoms with Gasteiger partial charge in [-0.2, -0.15) is 0 Å². The molecule has 1 aliphatic heterocycles. The van der Waals surface area contributed by atoms with Crippen molar-refractivity contribution in [3.05, 3.63) is 35.4 Å². The number of carbonyl (C=O) groups is 1. The van der Waals surface area contributed by atoms with E-state index in [2.05, 4.69) is 31.2 Å². The molecule has 0 aromatic heterocycles. The van der Waals surface area contributed by atoms with Crippen LogP contribution >= 0.6 is 0 Å². The molecule has 0 aliphatic carbocycles. The predicted molar refractivity (Wildman–Crippen MR) is 71.2 cm³/mol. The van der Waals surface area contributed by atoms with Crippen LogP contribution in [0.3, 0.4) is 0 Å². The molecule has 3 nitrogen and oxygen atoms in total. The minimum atomic E-state index is 0.173. The monoisotopic (exact) mass is 247 g/mol. The lowest BCUT2D eigenvalue weighted by Gasteiger charge is -2.31. The molecule has 1 fully saturated rings. The molecule has 1 aliphatic rings. The van der Waals surface area contributed by atoms with Gasteiger partial charge in [0.15, 0.2) is 0 Å². The van der Waals surface area contributed by atoms with E-state index in [9.17, 15) is 4.79 Å². The molecule has 0 N–H and O–H groups in total. The van der Waals surface area contributed by atoms with Gasteiger partial charge in [-0.15, -0.1) is 0 Å². The van der Waals surface area contributed by atoms with Crippen LogP contribution in [0.25, 0.3) is 0 Å². The summed E-state index contributed by atoms with van der Waals surface area (Å²) in [6.07, 6.45) is 2.19. The van der Waals surface area contributed by atoms with E-state index in [0.29, 0.717) is 12.7 Å². The zero-order chi connectivity index (χ0) is 13.0. The lowest BCUT2D eigenvalue weighted by Crippen LogP contribution is -2.39. The molecular weight excluding hydrogens is 226 g/mol. The molecule has 0 unspecified atom stereocenters. The fourth-order valence-electron chi connectivity index (χ4n) is 2.24. The number of likely N-dealkylation sites (tertiary alicyclic amines) is 1. The number of nitrogens with zero attached hydrogens (tertiary/aromatic N) is 1. The summed E-state index contributed by atoms with van der Waals surface area (Å²) in [4.78, 5) is 13.1. The largest absolute Gasteiger partial charge is 0.373 e. The van der Waals surface area contributed by atoms with Crippen LogP contribution in [0.15, 0.2) is 24.3 Å². The molecule has 1 aromatic rings. The smallest absolute Gasteiger partial charge is 0.219 e. The highest BCUT2D eigenvalue weighted by Gasteiger charge is 2.20. The summed E-state index contributed by atoms with van der Waals surface area (Å²) in [5, 5.41) is 0. The van der Waals surface area contributed by atoms with Crippen molar-refractivity contribution in [1.29, 1.82) is 0 Å². The van der Waals surface area contributed by atoms with Crippen LogP contribution in [0, 0.1) is 6.92 Å². The first kappa shape index (κ1) is 13.1. The van der Waals surface area contributed by atoms with Crippen LogP contribution in [0.2, 0.25) is 0 Å². The van der Waals surface area contributed by atoms with Crippen LogP contribution in [0.4, 0.5) is 0 Å². The molecule has 0 atom stereocenters. The summed E-state index contributed by atoms with van der Waals surface area (Å²) >= 11 is 0. The summed E-state index contributed by atoms with van der Waals surface area (Å²) in [6.45, 7) is 6.04. The van der Waals surface area contributed by atoms with E-state index in [1.807, 2.05) is 4.90 Å². The Labute approximate surface area is 109 Å². The molecule has 1 amide bonds. The van der Waals surface area contributed by atoms with Gasteiger partial charge in [0.05, 0.1) is 12.7 Å². The number of rotatable bonds is 3. The zero-order valence-corrected chi connectivity index (χ0v) is 11.2. The van der Waals surface area contributed by atoms with Crippen molar-refractivity contribution >= 4 is 5.91 Å². The highest BCUT2D eigenvalue weighted by atomic mass is 16.5. The van der Waals surface area contributed by atoms with Crippen LogP contribution < -0.4 is 0 Å². The maximum atomic E-state index is 11.2. The van der Waals surface area contributed by atoms with Crippen molar-refractivity contribution < 1.29 is 9.53 Å². The Hall–Kier alpha value is -1.35. The molecule has 18 heavy (non-hydrogen) atoms. The molecule has 98 valence electrons. The van der Waals surface area contributed by atoms with Gasteiger partial charge >= 0.3 is 0 Å². The number of carbonyl (C=O) groups excluding carboxylic acids is 1. The van der Waals surface area contributed by atoms with Gasteiger partial charge in [-0.25, -0.2) is 0 Å². The van der Waals surface area contributed by atoms with E-state index >= 15 is 0 Å². The molecule has 0 spiro atoms. The Kier molecular flexibility index (Phi) is 4.37. The maximum absolute atomic E-state index is 11.2. The Bertz CT molecular complexity index is 391. The van der Waals surface area contributed by atoms with E-state index in [4.69, 9.17) is 4.74 Å². The number of ether oxygens (including phenoxy) is 1. The van der Waals surface area contributed by atoms with Crippen molar-refractivity contribution in [2.45, 2.75) is 39.4 Å². The standard InChI is InChI=1S/C15H21NO2/c1-12-3-5-14(6-4-12)11-18-15-7-9-16(10-8-15)13(2)17/h3-6,15H,7-11H2,1-2H3. The predicted octanol–water partition coefficient (Wildman–Crippen LogP) is 2.52. The first-order valence-electron chi connectivity index (χ1n) is 6.58. The third-order valence-corrected chi connectivity index (χ3v) is 3.49. The fourth-order valence-corrected chi connectivity index (χ4v) is 2.24. The van der Waals surface area contributed by atoms with Crippen molar-refractivity contribution in [2.24, 2.45) is 0 Å². The van der Waals surface area contributed by atoms with Gasteiger partial charge < -0.3 is 9.64 Å². The summed E-state index contributed by atoms with van der Waals surface area (Å²) in [5.41, 5.74) is 2.49. The van der Waals surface area contributed by atoms with Gasteiger partial charge in [-0.1, -0.05) is 29.8 Å². The normalized spacial score (nSPS) is 16.9. The number of aryl methyl sites for hydroxylation is 1. The molecule has 1 heterocycles. The summed E-state index contributed by atoms with van der Waals surface area (Å²) in [5.74, 6) is 0.173. The van der Waals surface area contributed by atoms with Crippen LogP contribution in [0.1, 0.15) is 30.9 Å². The lowest BCUT2D eigenvalue weighted by molar-refractivity contribution is -0.131. The second-order valence-electron chi connectivity index (χ2n) is 5.00. The number of piperidine rings is 1. The summed E-state index contributed by atoms with van der Waals surface area (Å²) in [6, 6.07) is 8.44. The van der Waals surface area contributed by atoms with Gasteiger partial charge in [0, 0.05) is 20.0 Å². The van der Waals surface area contributed by atoms with Gasteiger partial charge in [-0.05, 0) is 25.3 Å². The third kappa shape index (κ3) is 3.57. The number of amides is 1. The molecule has 0 bridgehead atoms. The highest BCUT2D eigenvalue weighted by molar-refractivity contribution is 5.73. The quantitative estimate of drug-likeness (QED) is 0.821. The van der Waals surface area contributed by atoms with E-state index in [-0.39, 0.29) is 5.91 Å². The van der Waals surface area contributed by atoms with Gasteiger partial charge in [-0.3, -0.25) is 4.79 Å². The first-order chi connectivity index (χ1) is 8.65. The second kappa shape index (κ2) is 6.01. The lowest BCUT2D eigenvalue weighted by atomic mass is 10.1. The van der Waals surface area contributed by atoms with Crippen LogP contribution in [0.5, 0.6) is 0 Å². The Morgan fingerprint density at radius 3 is 2.44 bits per heavy atom. The fraction of sp³-hybridized carbons (Fsp3) is 0.533. The average molecular weight is 247 g/mol. The molecule has 3 heteroatoms. The Morgan fingerprint density at radius 1 is 1.28 bits per heavy atom. The average Bonchev–Trinajstić information content (AvgIpc) is 2.38. The SMILES string of the molecule is CC(=O)N1CCC(OCc2ccc(C)cc2)CC1. The van der Waals surface area contributed by atoms with E-state index in [1.165, 1.54) is 11.1 Å². The first-order valence-corrected chi connectivity index (χ1v) is 6.58. The Morgan fingerprint density at radius 2 is 1.89 bits per heavy atom. The van der Waals surface area contributed by atoms with Crippen LogP contribution in [-0.4, -0.2) is 30.0 Å². The second-order valence-corrected chi connectivity index (χ2v) is 5.00. The maximum Gasteiger partial charge on any atom is 0.219 e.